The number of nitro groups is 1. The summed E-state index contributed by atoms with van der Waals surface area (Å²) in [7, 11) is 0. The third-order valence-corrected chi connectivity index (χ3v) is 2.72. The maximum atomic E-state index is 10.7. The van der Waals surface area contributed by atoms with Crippen LogP contribution in [0.5, 0.6) is 0 Å². The van der Waals surface area contributed by atoms with Crippen molar-refractivity contribution in [2.45, 2.75) is 26.3 Å². The second-order valence-corrected chi connectivity index (χ2v) is 3.86. The summed E-state index contributed by atoms with van der Waals surface area (Å²) in [5.74, 6) is 0. The Kier molecular flexibility index (Phi) is 2.90. The van der Waals surface area contributed by atoms with E-state index < -0.39 is 0 Å². The minimum atomic E-state index is -0.351. The molecule has 1 heterocycles. The molecule has 0 aliphatic rings. The summed E-state index contributed by atoms with van der Waals surface area (Å²) < 4.78 is 2.08. The molecule has 1 aromatic heterocycles. The molecule has 0 N–H and O–H groups in total. The van der Waals surface area contributed by atoms with Crippen molar-refractivity contribution in [1.82, 2.24) is 4.57 Å². The lowest BCUT2D eigenvalue weighted by molar-refractivity contribution is -0.384. The molecule has 0 aliphatic heterocycles. The highest BCUT2D eigenvalue weighted by molar-refractivity contribution is 5.82. The summed E-state index contributed by atoms with van der Waals surface area (Å²) in [6.45, 7) is 3.05. The van der Waals surface area contributed by atoms with Crippen molar-refractivity contribution < 1.29 is 4.92 Å². The van der Waals surface area contributed by atoms with E-state index in [4.69, 9.17) is 0 Å². The van der Waals surface area contributed by atoms with Crippen LogP contribution in [0.4, 0.5) is 5.69 Å². The van der Waals surface area contributed by atoms with Gasteiger partial charge in [0.05, 0.1) is 10.4 Å². The maximum absolute atomic E-state index is 10.7. The SMILES string of the molecule is CCCCn1ccc2ccc([N+](=O)[O-])cc21. The number of nitrogens with zero attached hydrogens (tertiary/aromatic N) is 2. The van der Waals surface area contributed by atoms with E-state index in [9.17, 15) is 10.1 Å². The molecule has 0 aliphatic carbocycles. The van der Waals surface area contributed by atoms with Gasteiger partial charge in [0, 0.05) is 30.3 Å². The lowest BCUT2D eigenvalue weighted by atomic mass is 10.2. The van der Waals surface area contributed by atoms with E-state index in [-0.39, 0.29) is 10.6 Å². The number of aromatic nitrogens is 1. The number of fused-ring (bicyclic) bond motifs is 1. The minimum Gasteiger partial charge on any atom is -0.347 e. The van der Waals surface area contributed by atoms with Gasteiger partial charge >= 0.3 is 0 Å². The van der Waals surface area contributed by atoms with Gasteiger partial charge in [-0.3, -0.25) is 10.1 Å². The van der Waals surface area contributed by atoms with Crippen LogP contribution in [-0.2, 0) is 6.54 Å². The van der Waals surface area contributed by atoms with Gasteiger partial charge in [-0.25, -0.2) is 0 Å². The molecule has 0 fully saturated rings. The molecule has 2 aromatic rings. The van der Waals surface area contributed by atoms with Crippen molar-refractivity contribution in [1.29, 1.82) is 0 Å². The maximum Gasteiger partial charge on any atom is 0.271 e. The summed E-state index contributed by atoms with van der Waals surface area (Å²) in [5.41, 5.74) is 1.10. The van der Waals surface area contributed by atoms with Crippen LogP contribution in [-0.4, -0.2) is 9.49 Å². The van der Waals surface area contributed by atoms with E-state index in [1.54, 1.807) is 18.2 Å². The fourth-order valence-electron chi connectivity index (χ4n) is 1.81. The smallest absolute Gasteiger partial charge is 0.271 e. The normalized spacial score (nSPS) is 10.8. The van der Waals surface area contributed by atoms with Crippen LogP contribution >= 0.6 is 0 Å². The standard InChI is InChI=1S/C12H14N2O2/c1-2-3-7-13-8-6-10-4-5-11(14(15)16)9-12(10)13/h4-6,8-9H,2-3,7H2,1H3. The molecule has 1 aromatic carbocycles. The Labute approximate surface area is 93.6 Å². The number of rotatable bonds is 4. The third kappa shape index (κ3) is 1.91. The molecule has 0 atom stereocenters. The molecule has 0 bridgehead atoms. The van der Waals surface area contributed by atoms with Gasteiger partial charge in [0.1, 0.15) is 0 Å². The molecular formula is C12H14N2O2. The molecule has 0 saturated carbocycles. The van der Waals surface area contributed by atoms with E-state index in [1.807, 2.05) is 12.3 Å². The van der Waals surface area contributed by atoms with Crippen LogP contribution in [0.1, 0.15) is 19.8 Å². The summed E-state index contributed by atoms with van der Waals surface area (Å²) in [5, 5.41) is 11.7. The quantitative estimate of drug-likeness (QED) is 0.583. The molecular weight excluding hydrogens is 204 g/mol. The second kappa shape index (κ2) is 4.35. The molecule has 0 amide bonds. The summed E-state index contributed by atoms with van der Waals surface area (Å²) in [6.07, 6.45) is 4.20. The first kappa shape index (κ1) is 10.7. The Balaban J connectivity index is 2.43. The van der Waals surface area contributed by atoms with E-state index >= 15 is 0 Å². The number of benzene rings is 1. The van der Waals surface area contributed by atoms with Crippen LogP contribution in [0.25, 0.3) is 10.9 Å². The van der Waals surface area contributed by atoms with E-state index in [2.05, 4.69) is 11.5 Å². The van der Waals surface area contributed by atoms with Crippen molar-refractivity contribution in [3.05, 3.63) is 40.6 Å². The predicted octanol–water partition coefficient (Wildman–Crippen LogP) is 3.35. The monoisotopic (exact) mass is 218 g/mol. The average molecular weight is 218 g/mol. The average Bonchev–Trinajstić information content (AvgIpc) is 2.68. The van der Waals surface area contributed by atoms with Gasteiger partial charge in [0.2, 0.25) is 0 Å². The van der Waals surface area contributed by atoms with Crippen molar-refractivity contribution >= 4 is 16.6 Å². The van der Waals surface area contributed by atoms with Crippen molar-refractivity contribution in [3.63, 3.8) is 0 Å². The van der Waals surface area contributed by atoms with Crippen LogP contribution in [0.2, 0.25) is 0 Å². The number of nitro benzene ring substituents is 1. The largest absolute Gasteiger partial charge is 0.347 e. The lowest BCUT2D eigenvalue weighted by Gasteiger charge is -2.03. The Hall–Kier alpha value is -1.84. The zero-order valence-electron chi connectivity index (χ0n) is 9.22. The molecule has 4 nitrogen and oxygen atoms in total. The summed E-state index contributed by atoms with van der Waals surface area (Å²) in [6, 6.07) is 6.99. The van der Waals surface area contributed by atoms with Crippen LogP contribution in [0.3, 0.4) is 0 Å². The highest BCUT2D eigenvalue weighted by Crippen LogP contribution is 2.22. The molecule has 16 heavy (non-hydrogen) atoms. The van der Waals surface area contributed by atoms with Gasteiger partial charge in [-0.2, -0.15) is 0 Å². The first-order chi connectivity index (χ1) is 7.72. The highest BCUT2D eigenvalue weighted by atomic mass is 16.6. The number of non-ortho nitro benzene ring substituents is 1. The number of unbranched alkanes of at least 4 members (excludes halogenated alkanes) is 1. The van der Waals surface area contributed by atoms with E-state index in [0.29, 0.717) is 0 Å². The van der Waals surface area contributed by atoms with Gasteiger partial charge in [-0.05, 0) is 18.6 Å². The molecule has 2 rings (SSSR count). The first-order valence-corrected chi connectivity index (χ1v) is 5.45. The summed E-state index contributed by atoms with van der Waals surface area (Å²) in [4.78, 5) is 10.3. The minimum absolute atomic E-state index is 0.156. The fourth-order valence-corrected chi connectivity index (χ4v) is 1.81. The van der Waals surface area contributed by atoms with Crippen molar-refractivity contribution in [3.8, 4) is 0 Å². The molecule has 0 spiro atoms. The fraction of sp³-hybridized carbons (Fsp3) is 0.333. The number of aryl methyl sites for hydroxylation is 1. The van der Waals surface area contributed by atoms with E-state index in [0.717, 1.165) is 30.3 Å². The zero-order valence-corrected chi connectivity index (χ0v) is 9.22. The van der Waals surface area contributed by atoms with Gasteiger partial charge < -0.3 is 4.57 Å². The molecule has 0 unspecified atom stereocenters. The second-order valence-electron chi connectivity index (χ2n) is 3.86. The van der Waals surface area contributed by atoms with Crippen LogP contribution in [0, 0.1) is 10.1 Å². The molecule has 0 saturated heterocycles. The van der Waals surface area contributed by atoms with Gasteiger partial charge in [-0.1, -0.05) is 13.3 Å². The number of hydrogen-bond donors (Lipinski definition) is 0. The Morgan fingerprint density at radius 2 is 2.19 bits per heavy atom. The third-order valence-electron chi connectivity index (χ3n) is 2.72. The zero-order chi connectivity index (χ0) is 11.5. The summed E-state index contributed by atoms with van der Waals surface area (Å²) >= 11 is 0. The highest BCUT2D eigenvalue weighted by Gasteiger charge is 2.08. The van der Waals surface area contributed by atoms with Gasteiger partial charge in [0.15, 0.2) is 0 Å². The van der Waals surface area contributed by atoms with Crippen molar-refractivity contribution in [2.75, 3.05) is 0 Å². The van der Waals surface area contributed by atoms with Gasteiger partial charge in [0.25, 0.3) is 5.69 Å². The van der Waals surface area contributed by atoms with Crippen molar-refractivity contribution in [2.24, 2.45) is 0 Å². The molecule has 4 heteroatoms. The Bertz CT molecular complexity index is 517. The van der Waals surface area contributed by atoms with Crippen LogP contribution < -0.4 is 0 Å². The van der Waals surface area contributed by atoms with Gasteiger partial charge in [-0.15, -0.1) is 0 Å². The van der Waals surface area contributed by atoms with E-state index in [1.165, 1.54) is 0 Å². The Morgan fingerprint density at radius 3 is 2.88 bits per heavy atom. The molecule has 84 valence electrons. The van der Waals surface area contributed by atoms with Crippen LogP contribution in [0.15, 0.2) is 30.5 Å². The molecule has 0 radical (unpaired) electrons. The number of hydrogen-bond acceptors (Lipinski definition) is 2. The predicted molar refractivity (Wildman–Crippen MR) is 63.5 cm³/mol. The topological polar surface area (TPSA) is 48.1 Å². The Morgan fingerprint density at radius 1 is 1.38 bits per heavy atom. The first-order valence-electron chi connectivity index (χ1n) is 5.45. The lowest BCUT2D eigenvalue weighted by Crippen LogP contribution is -1.96.